The molecule has 8 N–H and O–H groups in total. The van der Waals surface area contributed by atoms with Crippen molar-refractivity contribution in [2.75, 3.05) is 13.1 Å². The first kappa shape index (κ1) is 32.1. The van der Waals surface area contributed by atoms with Gasteiger partial charge in [0.2, 0.25) is 0 Å². The Labute approximate surface area is 185 Å². The quantitative estimate of drug-likeness (QED) is 0.118. The van der Waals surface area contributed by atoms with Gasteiger partial charge in [-0.2, -0.15) is 0 Å². The molecule has 0 bridgehead atoms. The number of halogens is 1. The zero-order chi connectivity index (χ0) is 23.1. The topological polar surface area (TPSA) is 177 Å². The first-order valence-electron chi connectivity index (χ1n) is 9.12. The van der Waals surface area contributed by atoms with Gasteiger partial charge in [-0.05, 0) is 47.5 Å². The molecule has 0 aromatic rings. The Morgan fingerprint density at radius 2 is 1.50 bits per heavy atom. The second-order valence-corrected chi connectivity index (χ2v) is 7.39. The first-order valence-corrected chi connectivity index (χ1v) is 9.12. The summed E-state index contributed by atoms with van der Waals surface area (Å²) < 4.78 is 0. The molecule has 30 heavy (non-hydrogen) atoms. The smallest absolute Gasteiger partial charge is 0.324 e. The number of carboxylic acid groups (broad SMARTS) is 2. The number of carbonyl (C=O) groups is 2. The lowest BCUT2D eigenvalue weighted by Gasteiger charge is -2.15. The Morgan fingerprint density at radius 1 is 0.967 bits per heavy atom. The summed E-state index contributed by atoms with van der Waals surface area (Å²) >= 11 is 0. The van der Waals surface area contributed by atoms with Gasteiger partial charge in [-0.1, -0.05) is 24.0 Å². The van der Waals surface area contributed by atoms with Crippen molar-refractivity contribution in [3.63, 3.8) is 0 Å². The molecule has 0 spiro atoms. The first-order chi connectivity index (χ1) is 13.2. The van der Waals surface area contributed by atoms with Crippen molar-refractivity contribution >= 4 is 36.0 Å². The van der Waals surface area contributed by atoms with Crippen LogP contribution in [0.25, 0.3) is 0 Å². The largest absolute Gasteiger partial charge is 0.481 e. The fourth-order valence-corrected chi connectivity index (χ4v) is 1.44. The molecule has 0 rings (SSSR count). The zero-order valence-electron chi connectivity index (χ0n) is 18.4. The third-order valence-electron chi connectivity index (χ3n) is 3.51. The average molecular weight is 446 g/mol. The molecule has 0 fully saturated rings. The van der Waals surface area contributed by atoms with E-state index in [1.807, 2.05) is 12.2 Å². The van der Waals surface area contributed by atoms with E-state index < -0.39 is 22.9 Å². The average Bonchev–Trinajstić information content (AvgIpc) is 2.57. The van der Waals surface area contributed by atoms with Crippen molar-refractivity contribution in [1.29, 1.82) is 0 Å². The van der Waals surface area contributed by atoms with Crippen LogP contribution < -0.4 is 17.2 Å². The number of amidine groups is 2. The molecule has 0 saturated heterocycles. The summed E-state index contributed by atoms with van der Waals surface area (Å²) in [7, 11) is 0. The van der Waals surface area contributed by atoms with Crippen molar-refractivity contribution in [3.8, 4) is 11.8 Å². The second kappa shape index (κ2) is 16.3. The van der Waals surface area contributed by atoms with Crippen LogP contribution in [0.5, 0.6) is 0 Å². The van der Waals surface area contributed by atoms with Crippen LogP contribution in [0.15, 0.2) is 22.1 Å². The lowest BCUT2D eigenvalue weighted by atomic mass is 9.89. The van der Waals surface area contributed by atoms with E-state index in [0.717, 1.165) is 6.42 Å². The summed E-state index contributed by atoms with van der Waals surface area (Å²) in [5.74, 6) is 4.50. The normalized spacial score (nSPS) is 13.8. The number of allylic oxidation sites excluding steroid dienone is 1. The predicted molar refractivity (Wildman–Crippen MR) is 124 cm³/mol. The van der Waals surface area contributed by atoms with E-state index in [4.69, 9.17) is 27.4 Å². The molecule has 0 amide bonds. The molecule has 1 unspecified atom stereocenters. The van der Waals surface area contributed by atoms with Gasteiger partial charge in [-0.25, -0.2) is 0 Å². The molecular weight excluding hydrogens is 410 g/mol. The summed E-state index contributed by atoms with van der Waals surface area (Å²) in [6.07, 6.45) is 5.26. The molecule has 0 aliphatic rings. The van der Waals surface area contributed by atoms with Crippen molar-refractivity contribution in [1.82, 2.24) is 0 Å². The minimum atomic E-state index is -1.30. The number of aliphatic carboxylic acids is 2. The van der Waals surface area contributed by atoms with E-state index in [1.54, 1.807) is 27.7 Å². The van der Waals surface area contributed by atoms with Crippen molar-refractivity contribution in [2.24, 2.45) is 32.6 Å². The van der Waals surface area contributed by atoms with E-state index in [9.17, 15) is 9.59 Å². The van der Waals surface area contributed by atoms with Crippen molar-refractivity contribution in [2.45, 2.75) is 59.4 Å². The molecule has 0 aromatic carbocycles. The van der Waals surface area contributed by atoms with E-state index in [2.05, 4.69) is 21.8 Å². The lowest BCUT2D eigenvalue weighted by Crippen LogP contribution is -2.44. The fourth-order valence-electron chi connectivity index (χ4n) is 1.44. The lowest BCUT2D eigenvalue weighted by molar-refractivity contribution is -0.146. The monoisotopic (exact) mass is 445 g/mol. The number of carboxylic acids is 2. The van der Waals surface area contributed by atoms with Crippen molar-refractivity contribution < 1.29 is 19.8 Å². The molecule has 1 atom stereocenters. The van der Waals surface area contributed by atoms with Crippen molar-refractivity contribution in [3.05, 3.63) is 12.2 Å². The van der Waals surface area contributed by atoms with Crippen LogP contribution in [-0.2, 0) is 9.59 Å². The van der Waals surface area contributed by atoms with Gasteiger partial charge < -0.3 is 27.4 Å². The standard InChI is InChI=1S/C11H20N2O2.C9H15N3O2.ClH/c1-9(12)13-8-6-4-5-7-11(2,3)10(14)15;1-7(10)12-6-4-3-5-9(2,11)8(13)14;/h4-5H,6-8H2,1-3H3,(H2,12,13)(H,14,15);5-6,11H2,1-2H3,(H2,10,12)(H,13,14);1H/b5-4-;;. The molecule has 0 aliphatic heterocycles. The van der Waals surface area contributed by atoms with Gasteiger partial charge in [0, 0.05) is 13.0 Å². The summed E-state index contributed by atoms with van der Waals surface area (Å²) in [4.78, 5) is 29.2. The number of aliphatic imine (C=N–C) groups is 2. The third-order valence-corrected chi connectivity index (χ3v) is 3.51. The van der Waals surface area contributed by atoms with Crippen LogP contribution in [0.2, 0.25) is 0 Å². The summed E-state index contributed by atoms with van der Waals surface area (Å²) in [6.45, 7) is 9.18. The Bertz CT molecular complexity index is 681. The van der Waals surface area contributed by atoms with Crippen LogP contribution in [0.1, 0.15) is 53.9 Å². The van der Waals surface area contributed by atoms with Gasteiger partial charge >= 0.3 is 11.9 Å². The molecule has 9 nitrogen and oxygen atoms in total. The van der Waals surface area contributed by atoms with Gasteiger partial charge in [-0.3, -0.25) is 19.6 Å². The van der Waals surface area contributed by atoms with Crippen LogP contribution in [-0.4, -0.2) is 52.5 Å². The van der Waals surface area contributed by atoms with Gasteiger partial charge in [-0.15, -0.1) is 12.4 Å². The number of hydrogen-bond donors (Lipinski definition) is 5. The van der Waals surface area contributed by atoms with Gasteiger partial charge in [0.25, 0.3) is 0 Å². The molecule has 10 heteroatoms. The molecular formula is C20H36ClN5O4. The highest BCUT2D eigenvalue weighted by molar-refractivity contribution is 5.85. The van der Waals surface area contributed by atoms with Crippen LogP contribution in [0, 0.1) is 17.3 Å². The maximum atomic E-state index is 10.8. The number of nitrogens with zero attached hydrogens (tertiary/aromatic N) is 2. The number of nitrogens with two attached hydrogens (primary N) is 3. The van der Waals surface area contributed by atoms with Gasteiger partial charge in [0.1, 0.15) is 12.1 Å². The number of rotatable bonds is 9. The zero-order valence-corrected chi connectivity index (χ0v) is 19.3. The predicted octanol–water partition coefficient (Wildman–Crippen LogP) is 1.79. The highest BCUT2D eigenvalue weighted by Gasteiger charge is 2.26. The molecule has 0 saturated carbocycles. The van der Waals surface area contributed by atoms with E-state index >= 15 is 0 Å². The minimum absolute atomic E-state index is 0. The molecule has 0 radical (unpaired) electrons. The minimum Gasteiger partial charge on any atom is -0.481 e. The summed E-state index contributed by atoms with van der Waals surface area (Å²) in [5, 5.41) is 17.5. The Kier molecular flexibility index (Phi) is 17.4. The Hall–Kier alpha value is -2.57. The third kappa shape index (κ3) is 18.8. The summed E-state index contributed by atoms with van der Waals surface area (Å²) in [6, 6.07) is 0. The molecule has 172 valence electrons. The van der Waals surface area contributed by atoms with Gasteiger partial charge in [0.15, 0.2) is 0 Å². The maximum Gasteiger partial charge on any atom is 0.324 e. The Morgan fingerprint density at radius 3 is 1.93 bits per heavy atom. The van der Waals surface area contributed by atoms with E-state index in [1.165, 1.54) is 6.92 Å². The maximum absolute atomic E-state index is 10.8. The highest BCUT2D eigenvalue weighted by Crippen LogP contribution is 2.20. The molecule has 0 aliphatic carbocycles. The molecule has 0 aromatic heterocycles. The molecule has 0 heterocycles. The highest BCUT2D eigenvalue weighted by atomic mass is 35.5. The fraction of sp³-hybridized carbons (Fsp3) is 0.600. The number of hydrogen-bond acceptors (Lipinski definition) is 5. The van der Waals surface area contributed by atoms with E-state index in [0.29, 0.717) is 24.6 Å². The second-order valence-electron chi connectivity index (χ2n) is 7.39. The van der Waals surface area contributed by atoms with E-state index in [-0.39, 0.29) is 25.4 Å². The SMILES string of the molecule is CC(N)=NCC#CCC(C)(N)C(=O)O.CC(N)=NCC/C=C\CC(C)(C)C(=O)O.Cl. The van der Waals surface area contributed by atoms with Crippen LogP contribution >= 0.6 is 12.4 Å². The van der Waals surface area contributed by atoms with Crippen LogP contribution in [0.4, 0.5) is 0 Å². The summed E-state index contributed by atoms with van der Waals surface area (Å²) in [5.41, 5.74) is 14.1. The van der Waals surface area contributed by atoms with Gasteiger partial charge in [0.05, 0.1) is 17.1 Å². The Balaban J connectivity index is -0.000000471. The van der Waals surface area contributed by atoms with Crippen LogP contribution in [0.3, 0.4) is 0 Å².